The Morgan fingerprint density at radius 2 is 1.82 bits per heavy atom. The molecule has 1 aromatic carbocycles. The van der Waals surface area contributed by atoms with E-state index < -0.39 is 0 Å². The number of pyridine rings is 1. The van der Waals surface area contributed by atoms with Gasteiger partial charge in [0.25, 0.3) is 0 Å². The quantitative estimate of drug-likeness (QED) is 0.750. The average Bonchev–Trinajstić information content (AvgIpc) is 2.81. The Morgan fingerprint density at radius 3 is 2.71 bits per heavy atom. The van der Waals surface area contributed by atoms with E-state index in [1.165, 1.54) is 16.7 Å². The summed E-state index contributed by atoms with van der Waals surface area (Å²) in [6.45, 7) is 0. The summed E-state index contributed by atoms with van der Waals surface area (Å²) in [4.78, 5) is 4.28. The van der Waals surface area contributed by atoms with Crippen molar-refractivity contribution >= 4 is 11.6 Å². The highest BCUT2D eigenvalue weighted by Gasteiger charge is 2.09. The van der Waals surface area contributed by atoms with Crippen LogP contribution in [0.3, 0.4) is 0 Å². The van der Waals surface area contributed by atoms with Crippen molar-refractivity contribution in [2.45, 2.75) is 6.42 Å². The molecule has 1 aromatic heterocycles. The normalized spacial score (nSPS) is 13.8. The largest absolute Gasteiger partial charge is 0.257 e. The predicted octanol–water partition coefficient (Wildman–Crippen LogP) is 3.73. The van der Waals surface area contributed by atoms with Gasteiger partial charge in [-0.3, -0.25) is 4.98 Å². The number of nitrogens with zero attached hydrogens (tertiary/aromatic N) is 1. The van der Waals surface area contributed by atoms with E-state index in [-0.39, 0.29) is 0 Å². The minimum atomic E-state index is 0.998. The van der Waals surface area contributed by atoms with Crippen molar-refractivity contribution in [3.8, 4) is 0 Å². The number of aromatic nitrogens is 1. The summed E-state index contributed by atoms with van der Waals surface area (Å²) in [6, 6.07) is 14.5. The molecule has 0 aliphatic heterocycles. The van der Waals surface area contributed by atoms with Crippen LogP contribution in [-0.4, -0.2) is 4.98 Å². The molecular weight excluding hydrogens is 206 g/mol. The number of rotatable bonds is 2. The molecule has 1 aliphatic rings. The highest BCUT2D eigenvalue weighted by molar-refractivity contribution is 5.83. The van der Waals surface area contributed by atoms with Crippen LogP contribution in [-0.2, 0) is 6.42 Å². The van der Waals surface area contributed by atoms with Crippen LogP contribution in [0.2, 0.25) is 0 Å². The molecule has 1 heterocycles. The Bertz CT molecular complexity index is 579. The van der Waals surface area contributed by atoms with Crippen LogP contribution in [0.5, 0.6) is 0 Å². The van der Waals surface area contributed by atoms with Gasteiger partial charge in [0, 0.05) is 6.20 Å². The lowest BCUT2D eigenvalue weighted by molar-refractivity contribution is 1.30. The van der Waals surface area contributed by atoms with Crippen molar-refractivity contribution in [1.29, 1.82) is 0 Å². The standard InChI is InChI=1S/C16H13N/c1-2-7-16-13(5-1)8-9-14(16)10-11-15-6-3-4-12-17-15/h1-7,9-12H,8H2. The lowest BCUT2D eigenvalue weighted by atomic mass is 10.1. The van der Waals surface area contributed by atoms with Crippen LogP contribution in [0.15, 0.2) is 60.8 Å². The van der Waals surface area contributed by atoms with Crippen LogP contribution in [0.25, 0.3) is 11.6 Å². The molecule has 2 aromatic rings. The lowest BCUT2D eigenvalue weighted by Gasteiger charge is -2.00. The maximum absolute atomic E-state index is 4.28. The van der Waals surface area contributed by atoms with Gasteiger partial charge in [-0.2, -0.15) is 0 Å². The minimum Gasteiger partial charge on any atom is -0.257 e. The van der Waals surface area contributed by atoms with Gasteiger partial charge in [0.1, 0.15) is 0 Å². The smallest absolute Gasteiger partial charge is 0.0629 e. The van der Waals surface area contributed by atoms with E-state index in [1.54, 1.807) is 0 Å². The second kappa shape index (κ2) is 4.38. The topological polar surface area (TPSA) is 12.9 Å². The van der Waals surface area contributed by atoms with E-state index in [1.807, 2.05) is 24.4 Å². The molecule has 17 heavy (non-hydrogen) atoms. The molecule has 1 nitrogen and oxygen atoms in total. The third kappa shape index (κ3) is 2.04. The molecule has 1 heteroatoms. The Morgan fingerprint density at radius 1 is 0.941 bits per heavy atom. The van der Waals surface area contributed by atoms with Gasteiger partial charge >= 0.3 is 0 Å². The molecule has 0 saturated carbocycles. The fourth-order valence-electron chi connectivity index (χ4n) is 2.12. The van der Waals surface area contributed by atoms with Gasteiger partial charge in [-0.05, 0) is 41.3 Å². The first-order valence-electron chi connectivity index (χ1n) is 5.81. The molecule has 0 spiro atoms. The molecular formula is C16H13N. The summed E-state index contributed by atoms with van der Waals surface area (Å²) >= 11 is 0. The van der Waals surface area contributed by atoms with Gasteiger partial charge in [-0.1, -0.05) is 42.5 Å². The molecule has 0 atom stereocenters. The van der Waals surface area contributed by atoms with Gasteiger partial charge in [0.15, 0.2) is 0 Å². The first kappa shape index (κ1) is 10.0. The van der Waals surface area contributed by atoms with Crippen molar-refractivity contribution in [3.05, 3.63) is 77.6 Å². The van der Waals surface area contributed by atoms with Crippen molar-refractivity contribution in [2.24, 2.45) is 0 Å². The molecule has 0 fully saturated rings. The van der Waals surface area contributed by atoms with Crippen molar-refractivity contribution in [3.63, 3.8) is 0 Å². The van der Waals surface area contributed by atoms with Crippen molar-refractivity contribution in [1.82, 2.24) is 4.98 Å². The van der Waals surface area contributed by atoms with E-state index >= 15 is 0 Å². The first-order valence-corrected chi connectivity index (χ1v) is 5.81. The van der Waals surface area contributed by atoms with Crippen molar-refractivity contribution in [2.75, 3.05) is 0 Å². The first-order chi connectivity index (χ1) is 8.43. The molecule has 0 N–H and O–H groups in total. The minimum absolute atomic E-state index is 0.998. The third-order valence-corrected chi connectivity index (χ3v) is 2.99. The van der Waals surface area contributed by atoms with Gasteiger partial charge in [-0.15, -0.1) is 0 Å². The third-order valence-electron chi connectivity index (χ3n) is 2.99. The molecule has 0 radical (unpaired) electrons. The van der Waals surface area contributed by atoms with E-state index in [0.717, 1.165) is 12.1 Å². The molecule has 3 rings (SSSR count). The maximum Gasteiger partial charge on any atom is 0.0629 e. The van der Waals surface area contributed by atoms with Crippen LogP contribution in [0.1, 0.15) is 16.8 Å². The molecule has 0 saturated heterocycles. The zero-order valence-electron chi connectivity index (χ0n) is 9.51. The summed E-state index contributed by atoms with van der Waals surface area (Å²) < 4.78 is 0. The molecule has 0 amide bonds. The summed E-state index contributed by atoms with van der Waals surface area (Å²) in [5.74, 6) is 0. The summed E-state index contributed by atoms with van der Waals surface area (Å²) in [7, 11) is 0. The number of hydrogen-bond donors (Lipinski definition) is 0. The zero-order valence-corrected chi connectivity index (χ0v) is 9.51. The maximum atomic E-state index is 4.28. The monoisotopic (exact) mass is 219 g/mol. The van der Waals surface area contributed by atoms with E-state index in [2.05, 4.69) is 47.5 Å². The average molecular weight is 219 g/mol. The molecule has 0 bridgehead atoms. The number of allylic oxidation sites excluding steroid dienone is 3. The Hall–Kier alpha value is -2.15. The highest BCUT2D eigenvalue weighted by atomic mass is 14.6. The molecule has 82 valence electrons. The van der Waals surface area contributed by atoms with E-state index in [9.17, 15) is 0 Å². The number of fused-ring (bicyclic) bond motifs is 1. The zero-order chi connectivity index (χ0) is 11.5. The van der Waals surface area contributed by atoms with Crippen LogP contribution in [0, 0.1) is 0 Å². The van der Waals surface area contributed by atoms with Crippen LogP contribution in [0.4, 0.5) is 0 Å². The van der Waals surface area contributed by atoms with Gasteiger partial charge < -0.3 is 0 Å². The Labute approximate surface area is 101 Å². The SMILES string of the molecule is C(=Cc1ccccn1)C1=CCc2ccccc21. The lowest BCUT2D eigenvalue weighted by Crippen LogP contribution is -1.81. The number of hydrogen-bond acceptors (Lipinski definition) is 1. The Kier molecular flexibility index (Phi) is 2.59. The summed E-state index contributed by atoms with van der Waals surface area (Å²) in [5.41, 5.74) is 5.05. The van der Waals surface area contributed by atoms with E-state index in [4.69, 9.17) is 0 Å². The second-order valence-electron chi connectivity index (χ2n) is 4.11. The predicted molar refractivity (Wildman–Crippen MR) is 71.4 cm³/mol. The van der Waals surface area contributed by atoms with Crippen molar-refractivity contribution < 1.29 is 0 Å². The fraction of sp³-hybridized carbons (Fsp3) is 0.0625. The van der Waals surface area contributed by atoms with Gasteiger partial charge in [0.2, 0.25) is 0 Å². The summed E-state index contributed by atoms with van der Waals surface area (Å²) in [5, 5.41) is 0. The number of benzene rings is 1. The van der Waals surface area contributed by atoms with Gasteiger partial charge in [0.05, 0.1) is 5.69 Å². The Balaban J connectivity index is 1.87. The van der Waals surface area contributed by atoms with Gasteiger partial charge in [-0.25, -0.2) is 0 Å². The summed E-state index contributed by atoms with van der Waals surface area (Å²) in [6.07, 6.45) is 9.33. The second-order valence-corrected chi connectivity index (χ2v) is 4.11. The molecule has 0 unspecified atom stereocenters. The fourth-order valence-corrected chi connectivity index (χ4v) is 2.12. The highest BCUT2D eigenvalue weighted by Crippen LogP contribution is 2.28. The van der Waals surface area contributed by atoms with E-state index in [0.29, 0.717) is 0 Å². The van der Waals surface area contributed by atoms with Crippen LogP contribution >= 0.6 is 0 Å². The molecule has 1 aliphatic carbocycles. The van der Waals surface area contributed by atoms with Crippen LogP contribution < -0.4 is 0 Å².